The zero-order valence-electron chi connectivity index (χ0n) is 13.1. The van der Waals surface area contributed by atoms with Gasteiger partial charge in [-0.3, -0.25) is 0 Å². The van der Waals surface area contributed by atoms with Crippen molar-refractivity contribution >= 4 is 10.0 Å². The van der Waals surface area contributed by atoms with E-state index in [1.54, 1.807) is 0 Å². The Bertz CT molecular complexity index is 774. The van der Waals surface area contributed by atoms with Crippen molar-refractivity contribution in [2.45, 2.75) is 44.7 Å². The molecule has 0 aliphatic rings. The summed E-state index contributed by atoms with van der Waals surface area (Å²) in [7, 11) is -3.96. The highest BCUT2D eigenvalue weighted by Crippen LogP contribution is 2.26. The number of hydrogen-bond acceptors (Lipinski definition) is 3. The largest absolute Gasteiger partial charge is 0.333 e. The standard InChI is InChI=1S/C15H19F2N3O2S/c1-4-13(12-8-6-5-7-9-12)19-23(21,22)14-10(2)18-20(11(14)3)15(16)17/h5-9,13,15,19H,4H2,1-3H3/t13-/m0/s1. The molecule has 1 atom stereocenters. The summed E-state index contributed by atoms with van der Waals surface area (Å²) in [4.78, 5) is -0.188. The van der Waals surface area contributed by atoms with Gasteiger partial charge in [0.1, 0.15) is 4.90 Å². The number of alkyl halides is 2. The van der Waals surface area contributed by atoms with Crippen molar-refractivity contribution in [3.05, 3.63) is 47.3 Å². The van der Waals surface area contributed by atoms with Crippen LogP contribution >= 0.6 is 0 Å². The summed E-state index contributed by atoms with van der Waals surface area (Å²) in [5, 5.41) is 3.63. The molecule has 1 heterocycles. The summed E-state index contributed by atoms with van der Waals surface area (Å²) in [6.07, 6.45) is 0.532. The van der Waals surface area contributed by atoms with Gasteiger partial charge in [-0.25, -0.2) is 17.8 Å². The van der Waals surface area contributed by atoms with Crippen LogP contribution < -0.4 is 4.72 Å². The molecule has 0 aliphatic heterocycles. The molecular formula is C15H19F2N3O2S. The SMILES string of the molecule is CC[C@H](NS(=O)(=O)c1c(C)nn(C(F)F)c1C)c1ccccc1. The van der Waals surface area contributed by atoms with Gasteiger partial charge in [0.2, 0.25) is 10.0 Å². The van der Waals surface area contributed by atoms with Crippen LogP contribution in [0, 0.1) is 13.8 Å². The number of halogens is 2. The van der Waals surface area contributed by atoms with Gasteiger partial charge >= 0.3 is 6.55 Å². The highest BCUT2D eigenvalue weighted by Gasteiger charge is 2.29. The zero-order valence-corrected chi connectivity index (χ0v) is 13.9. The highest BCUT2D eigenvalue weighted by molar-refractivity contribution is 7.89. The summed E-state index contributed by atoms with van der Waals surface area (Å²) < 4.78 is 54.1. The summed E-state index contributed by atoms with van der Waals surface area (Å²) in [6, 6.07) is 8.67. The lowest BCUT2D eigenvalue weighted by molar-refractivity contribution is 0.0538. The lowest BCUT2D eigenvalue weighted by Crippen LogP contribution is -2.29. The maximum Gasteiger partial charge on any atom is 0.333 e. The van der Waals surface area contributed by atoms with Gasteiger partial charge in [-0.2, -0.15) is 13.9 Å². The van der Waals surface area contributed by atoms with E-state index in [2.05, 4.69) is 9.82 Å². The van der Waals surface area contributed by atoms with E-state index in [9.17, 15) is 17.2 Å². The fraction of sp³-hybridized carbons (Fsp3) is 0.400. The monoisotopic (exact) mass is 343 g/mol. The lowest BCUT2D eigenvalue weighted by atomic mass is 10.1. The molecule has 5 nitrogen and oxygen atoms in total. The molecule has 1 N–H and O–H groups in total. The number of rotatable bonds is 6. The topological polar surface area (TPSA) is 64.0 Å². The predicted octanol–water partition coefficient (Wildman–Crippen LogP) is 3.32. The first kappa shape index (κ1) is 17.6. The van der Waals surface area contributed by atoms with E-state index >= 15 is 0 Å². The van der Waals surface area contributed by atoms with Crippen molar-refractivity contribution in [2.24, 2.45) is 0 Å². The van der Waals surface area contributed by atoms with Crippen molar-refractivity contribution in [3.63, 3.8) is 0 Å². The van der Waals surface area contributed by atoms with Crippen molar-refractivity contribution < 1.29 is 17.2 Å². The van der Waals surface area contributed by atoms with Crippen LogP contribution in [0.5, 0.6) is 0 Å². The van der Waals surface area contributed by atoms with Crippen LogP contribution in [0.4, 0.5) is 8.78 Å². The third-order valence-electron chi connectivity index (χ3n) is 3.62. The van der Waals surface area contributed by atoms with Crippen molar-refractivity contribution in [1.29, 1.82) is 0 Å². The first-order chi connectivity index (χ1) is 10.8. The Morgan fingerprint density at radius 2 is 1.83 bits per heavy atom. The Morgan fingerprint density at radius 1 is 1.22 bits per heavy atom. The minimum Gasteiger partial charge on any atom is -0.207 e. The van der Waals surface area contributed by atoms with E-state index in [1.165, 1.54) is 13.8 Å². The molecule has 0 saturated heterocycles. The minimum atomic E-state index is -3.96. The van der Waals surface area contributed by atoms with Crippen LogP contribution in [0.1, 0.15) is 42.9 Å². The van der Waals surface area contributed by atoms with Gasteiger partial charge in [-0.1, -0.05) is 37.3 Å². The summed E-state index contributed by atoms with van der Waals surface area (Å²) in [5.41, 5.74) is 0.793. The zero-order chi connectivity index (χ0) is 17.2. The van der Waals surface area contributed by atoms with E-state index in [0.29, 0.717) is 11.1 Å². The van der Waals surface area contributed by atoms with Crippen LogP contribution in [0.25, 0.3) is 0 Å². The van der Waals surface area contributed by atoms with Crippen molar-refractivity contribution in [2.75, 3.05) is 0 Å². The molecular weight excluding hydrogens is 324 g/mol. The molecule has 1 aromatic carbocycles. The minimum absolute atomic E-state index is 0.0539. The van der Waals surface area contributed by atoms with Gasteiger partial charge in [0.25, 0.3) is 0 Å². The fourth-order valence-corrected chi connectivity index (χ4v) is 4.25. The van der Waals surface area contributed by atoms with Crippen LogP contribution in [0.2, 0.25) is 0 Å². The van der Waals surface area contributed by atoms with Crippen LogP contribution in [-0.4, -0.2) is 18.2 Å². The molecule has 126 valence electrons. The quantitative estimate of drug-likeness (QED) is 0.875. The summed E-state index contributed by atoms with van der Waals surface area (Å²) >= 11 is 0. The maximum atomic E-state index is 12.9. The molecule has 0 aliphatic carbocycles. The molecule has 23 heavy (non-hydrogen) atoms. The molecule has 2 rings (SSSR count). The third-order valence-corrected chi connectivity index (χ3v) is 5.34. The second-order valence-corrected chi connectivity index (χ2v) is 6.87. The molecule has 0 fully saturated rings. The van der Waals surface area contributed by atoms with Gasteiger partial charge in [-0.15, -0.1) is 0 Å². The molecule has 0 saturated carbocycles. The Labute approximate surface area is 134 Å². The third kappa shape index (κ3) is 3.59. The molecule has 0 spiro atoms. The van der Waals surface area contributed by atoms with Gasteiger partial charge in [0.05, 0.1) is 11.4 Å². The van der Waals surface area contributed by atoms with E-state index in [0.717, 1.165) is 5.56 Å². The number of sulfonamides is 1. The number of nitrogens with one attached hydrogen (secondary N) is 1. The van der Waals surface area contributed by atoms with Gasteiger partial charge < -0.3 is 0 Å². The molecule has 2 aromatic rings. The molecule has 0 unspecified atom stereocenters. The van der Waals surface area contributed by atoms with Crippen LogP contribution in [0.15, 0.2) is 35.2 Å². The molecule has 8 heteroatoms. The Kier molecular flexibility index (Phi) is 5.16. The second kappa shape index (κ2) is 6.76. The Balaban J connectivity index is 2.39. The first-order valence-electron chi connectivity index (χ1n) is 7.19. The second-order valence-electron chi connectivity index (χ2n) is 5.21. The molecule has 0 radical (unpaired) electrons. The Hall–Kier alpha value is -1.80. The van der Waals surface area contributed by atoms with Crippen LogP contribution in [0.3, 0.4) is 0 Å². The van der Waals surface area contributed by atoms with E-state index in [1.807, 2.05) is 37.3 Å². The number of benzene rings is 1. The van der Waals surface area contributed by atoms with E-state index < -0.39 is 22.6 Å². The van der Waals surface area contributed by atoms with Gasteiger partial charge in [0, 0.05) is 6.04 Å². The van der Waals surface area contributed by atoms with Crippen molar-refractivity contribution in [3.8, 4) is 0 Å². The van der Waals surface area contributed by atoms with E-state index in [4.69, 9.17) is 0 Å². The average molecular weight is 343 g/mol. The number of aromatic nitrogens is 2. The maximum absolute atomic E-state index is 12.9. The fourth-order valence-electron chi connectivity index (χ4n) is 2.55. The smallest absolute Gasteiger partial charge is 0.207 e. The summed E-state index contributed by atoms with van der Waals surface area (Å²) in [6.45, 7) is 1.70. The van der Waals surface area contributed by atoms with E-state index in [-0.39, 0.29) is 16.3 Å². The molecule has 1 aromatic heterocycles. The average Bonchev–Trinajstić information content (AvgIpc) is 2.81. The number of aryl methyl sites for hydroxylation is 1. The number of nitrogens with zero attached hydrogens (tertiary/aromatic N) is 2. The van der Waals surface area contributed by atoms with Crippen molar-refractivity contribution in [1.82, 2.24) is 14.5 Å². The lowest BCUT2D eigenvalue weighted by Gasteiger charge is -2.17. The summed E-state index contributed by atoms with van der Waals surface area (Å²) in [5.74, 6) is 0. The number of hydrogen-bond donors (Lipinski definition) is 1. The van der Waals surface area contributed by atoms with Gasteiger partial charge in [-0.05, 0) is 25.8 Å². The molecule has 0 bridgehead atoms. The highest BCUT2D eigenvalue weighted by atomic mass is 32.2. The first-order valence-corrected chi connectivity index (χ1v) is 8.67. The Morgan fingerprint density at radius 3 is 2.30 bits per heavy atom. The normalized spacial score (nSPS) is 13.5. The predicted molar refractivity (Wildman–Crippen MR) is 82.7 cm³/mol. The molecule has 0 amide bonds. The van der Waals surface area contributed by atoms with Gasteiger partial charge in [0.15, 0.2) is 0 Å². The van der Waals surface area contributed by atoms with Crippen LogP contribution in [-0.2, 0) is 10.0 Å².